The number of carbonyl (C=O) groups excluding carboxylic acids is 1. The van der Waals surface area contributed by atoms with Crippen LogP contribution in [0.4, 0.5) is 0 Å². The number of amides is 1. The van der Waals surface area contributed by atoms with Gasteiger partial charge in [-0.15, -0.1) is 0 Å². The molecule has 0 aliphatic carbocycles. The summed E-state index contributed by atoms with van der Waals surface area (Å²) >= 11 is 0. The first-order chi connectivity index (χ1) is 8.01. The fourth-order valence-corrected chi connectivity index (χ4v) is 1.78. The molecular weight excluding hydrogens is 220 g/mol. The summed E-state index contributed by atoms with van der Waals surface area (Å²) in [5.41, 5.74) is 0.936. The minimum Gasteiger partial charge on any atom is -0.477 e. The Kier molecular flexibility index (Phi) is 4.31. The number of likely N-dealkylation sites (N-methyl/N-ethyl adjacent to an activating group) is 1. The maximum absolute atomic E-state index is 11.9. The number of nitrogens with zero attached hydrogens (tertiary/aromatic N) is 2. The zero-order valence-electron chi connectivity index (χ0n) is 10.4. The number of aryl methyl sites for hydroxylation is 1. The van der Waals surface area contributed by atoms with Gasteiger partial charge in [-0.1, -0.05) is 0 Å². The van der Waals surface area contributed by atoms with Gasteiger partial charge in [-0.25, -0.2) is 4.79 Å². The Labute approximate surface area is 101 Å². The number of carbonyl (C=O) groups is 2. The van der Waals surface area contributed by atoms with Crippen LogP contribution in [0.3, 0.4) is 0 Å². The van der Waals surface area contributed by atoms with Crippen molar-refractivity contribution < 1.29 is 14.7 Å². The Bertz CT molecular complexity index is 419. The molecule has 17 heavy (non-hydrogen) atoms. The molecule has 0 radical (unpaired) electrons. The molecule has 0 saturated heterocycles. The molecule has 0 aliphatic heterocycles. The Hall–Kier alpha value is -1.78. The number of rotatable bonds is 5. The predicted octanol–water partition coefficient (Wildman–Crippen LogP) is 1.36. The first kappa shape index (κ1) is 13.3. The smallest absolute Gasteiger partial charge is 0.352 e. The number of carboxylic acid groups (broad SMARTS) is 1. The van der Waals surface area contributed by atoms with Gasteiger partial charge in [0.25, 0.3) is 0 Å². The van der Waals surface area contributed by atoms with E-state index in [9.17, 15) is 9.59 Å². The van der Waals surface area contributed by atoms with Crippen molar-refractivity contribution in [2.24, 2.45) is 0 Å². The van der Waals surface area contributed by atoms with E-state index in [1.165, 1.54) is 10.6 Å². The van der Waals surface area contributed by atoms with E-state index >= 15 is 0 Å². The molecule has 0 aliphatic rings. The van der Waals surface area contributed by atoms with E-state index in [0.717, 1.165) is 5.69 Å². The van der Waals surface area contributed by atoms with E-state index in [1.54, 1.807) is 17.9 Å². The van der Waals surface area contributed by atoms with Crippen molar-refractivity contribution in [3.63, 3.8) is 0 Å². The van der Waals surface area contributed by atoms with Crippen LogP contribution in [0.25, 0.3) is 0 Å². The van der Waals surface area contributed by atoms with Gasteiger partial charge in [-0.2, -0.15) is 0 Å². The van der Waals surface area contributed by atoms with Crippen LogP contribution in [-0.4, -0.2) is 39.5 Å². The van der Waals surface area contributed by atoms with Crippen molar-refractivity contribution in [2.45, 2.75) is 27.3 Å². The van der Waals surface area contributed by atoms with Crippen molar-refractivity contribution in [3.05, 3.63) is 23.5 Å². The second kappa shape index (κ2) is 5.52. The first-order valence-corrected chi connectivity index (χ1v) is 5.68. The van der Waals surface area contributed by atoms with E-state index in [-0.39, 0.29) is 18.1 Å². The highest BCUT2D eigenvalue weighted by atomic mass is 16.4. The highest BCUT2D eigenvalue weighted by Gasteiger charge is 2.16. The normalized spacial score (nSPS) is 10.3. The Morgan fingerprint density at radius 2 is 1.88 bits per heavy atom. The summed E-state index contributed by atoms with van der Waals surface area (Å²) in [5, 5.41) is 9.00. The predicted molar refractivity (Wildman–Crippen MR) is 64.1 cm³/mol. The van der Waals surface area contributed by atoms with E-state index < -0.39 is 5.97 Å². The summed E-state index contributed by atoms with van der Waals surface area (Å²) in [4.78, 5) is 24.6. The number of hydrogen-bond acceptors (Lipinski definition) is 2. The molecule has 5 nitrogen and oxygen atoms in total. The van der Waals surface area contributed by atoms with Gasteiger partial charge >= 0.3 is 5.97 Å². The van der Waals surface area contributed by atoms with Crippen LogP contribution in [0, 0.1) is 6.92 Å². The van der Waals surface area contributed by atoms with Gasteiger partial charge in [0.2, 0.25) is 5.91 Å². The third-order valence-electron chi connectivity index (χ3n) is 2.83. The van der Waals surface area contributed by atoms with E-state index in [4.69, 9.17) is 5.11 Å². The summed E-state index contributed by atoms with van der Waals surface area (Å²) in [6.45, 7) is 6.96. The summed E-state index contributed by atoms with van der Waals surface area (Å²) in [6, 6.07) is 3.23. The molecule has 0 fully saturated rings. The van der Waals surface area contributed by atoms with Crippen LogP contribution in [-0.2, 0) is 11.3 Å². The first-order valence-electron chi connectivity index (χ1n) is 5.68. The summed E-state index contributed by atoms with van der Waals surface area (Å²) < 4.78 is 1.53. The molecule has 94 valence electrons. The van der Waals surface area contributed by atoms with Crippen molar-refractivity contribution in [1.29, 1.82) is 0 Å². The molecule has 1 heterocycles. The summed E-state index contributed by atoms with van der Waals surface area (Å²) in [7, 11) is 0. The maximum atomic E-state index is 11.9. The minimum absolute atomic E-state index is 0.0585. The van der Waals surface area contributed by atoms with Crippen molar-refractivity contribution >= 4 is 11.9 Å². The minimum atomic E-state index is -1.01. The Morgan fingerprint density at radius 1 is 1.29 bits per heavy atom. The van der Waals surface area contributed by atoms with Gasteiger partial charge in [-0.05, 0) is 32.9 Å². The monoisotopic (exact) mass is 238 g/mol. The summed E-state index contributed by atoms with van der Waals surface area (Å²) in [6.07, 6.45) is 0. The maximum Gasteiger partial charge on any atom is 0.352 e. The van der Waals surface area contributed by atoms with Gasteiger partial charge in [0.1, 0.15) is 12.2 Å². The van der Waals surface area contributed by atoms with Gasteiger partial charge in [0.15, 0.2) is 0 Å². The van der Waals surface area contributed by atoms with Crippen LogP contribution in [0.5, 0.6) is 0 Å². The largest absolute Gasteiger partial charge is 0.477 e. The van der Waals surface area contributed by atoms with Crippen LogP contribution in [0.15, 0.2) is 12.1 Å². The van der Waals surface area contributed by atoms with Crippen LogP contribution >= 0.6 is 0 Å². The summed E-state index contributed by atoms with van der Waals surface area (Å²) in [5.74, 6) is -1.07. The van der Waals surface area contributed by atoms with E-state index in [0.29, 0.717) is 13.1 Å². The van der Waals surface area contributed by atoms with E-state index in [2.05, 4.69) is 0 Å². The number of carboxylic acids is 1. The Balaban J connectivity index is 2.91. The molecule has 0 atom stereocenters. The third kappa shape index (κ3) is 2.87. The fourth-order valence-electron chi connectivity index (χ4n) is 1.78. The van der Waals surface area contributed by atoms with Gasteiger partial charge < -0.3 is 14.6 Å². The zero-order valence-corrected chi connectivity index (χ0v) is 10.4. The average Bonchev–Trinajstić information content (AvgIpc) is 2.62. The Morgan fingerprint density at radius 3 is 2.35 bits per heavy atom. The van der Waals surface area contributed by atoms with Crippen molar-refractivity contribution in [3.8, 4) is 0 Å². The lowest BCUT2D eigenvalue weighted by Gasteiger charge is -2.20. The van der Waals surface area contributed by atoms with Crippen LogP contribution in [0.1, 0.15) is 30.0 Å². The number of aromatic nitrogens is 1. The molecule has 5 heteroatoms. The second-order valence-electron chi connectivity index (χ2n) is 3.82. The van der Waals surface area contributed by atoms with Gasteiger partial charge in [0, 0.05) is 18.8 Å². The standard InChI is InChI=1S/C12H18N2O3/c1-4-13(5-2)11(15)8-14-9(3)6-7-10(14)12(16)17/h6-7H,4-5,8H2,1-3H3,(H,16,17). The van der Waals surface area contributed by atoms with Crippen molar-refractivity contribution in [1.82, 2.24) is 9.47 Å². The average molecular weight is 238 g/mol. The lowest BCUT2D eigenvalue weighted by atomic mass is 10.4. The highest BCUT2D eigenvalue weighted by Crippen LogP contribution is 2.09. The molecule has 1 aromatic rings. The van der Waals surface area contributed by atoms with Crippen molar-refractivity contribution in [2.75, 3.05) is 13.1 Å². The molecule has 0 bridgehead atoms. The molecule has 1 aromatic heterocycles. The third-order valence-corrected chi connectivity index (χ3v) is 2.83. The molecule has 0 aromatic carbocycles. The molecule has 1 rings (SSSR count). The lowest BCUT2D eigenvalue weighted by Crippen LogP contribution is -2.34. The van der Waals surface area contributed by atoms with Gasteiger partial charge in [-0.3, -0.25) is 4.79 Å². The molecule has 1 amide bonds. The molecule has 0 saturated carbocycles. The van der Waals surface area contributed by atoms with Gasteiger partial charge in [0.05, 0.1) is 0 Å². The lowest BCUT2D eigenvalue weighted by molar-refractivity contribution is -0.131. The highest BCUT2D eigenvalue weighted by molar-refractivity contribution is 5.87. The van der Waals surface area contributed by atoms with E-state index in [1.807, 2.05) is 13.8 Å². The number of hydrogen-bond donors (Lipinski definition) is 1. The fraction of sp³-hybridized carbons (Fsp3) is 0.500. The molecule has 0 spiro atoms. The second-order valence-corrected chi connectivity index (χ2v) is 3.82. The SMILES string of the molecule is CCN(CC)C(=O)Cn1c(C)ccc1C(=O)O. The topological polar surface area (TPSA) is 62.5 Å². The zero-order chi connectivity index (χ0) is 13.0. The molecular formula is C12H18N2O3. The van der Waals surface area contributed by atoms with Crippen LogP contribution < -0.4 is 0 Å². The number of aromatic carboxylic acids is 1. The quantitative estimate of drug-likeness (QED) is 0.842. The molecule has 1 N–H and O–H groups in total. The van der Waals surface area contributed by atoms with Crippen LogP contribution in [0.2, 0.25) is 0 Å². The molecule has 0 unspecified atom stereocenters.